The third-order valence-corrected chi connectivity index (χ3v) is 7.17. The summed E-state index contributed by atoms with van der Waals surface area (Å²) in [6, 6.07) is 6.86. The number of fused-ring (bicyclic) bond motifs is 1. The first-order valence-corrected chi connectivity index (χ1v) is 11.1. The normalized spacial score (nSPS) is 21.3. The Kier molecular flexibility index (Phi) is 4.52. The van der Waals surface area contributed by atoms with Crippen LogP contribution in [-0.4, -0.2) is 30.9 Å². The number of benzene rings is 1. The van der Waals surface area contributed by atoms with Gasteiger partial charge < -0.3 is 5.32 Å². The number of nitrogens with zero attached hydrogens (tertiary/aromatic N) is 1. The first-order chi connectivity index (χ1) is 12.4. The van der Waals surface area contributed by atoms with E-state index < -0.39 is 9.84 Å². The molecule has 2 aliphatic rings. The molecule has 2 heterocycles. The molecule has 1 aliphatic carbocycles. The van der Waals surface area contributed by atoms with Crippen LogP contribution in [0.2, 0.25) is 5.02 Å². The number of rotatable bonds is 3. The molecule has 1 amide bonds. The second-order valence-corrected chi connectivity index (χ2v) is 9.67. The first kappa shape index (κ1) is 17.5. The number of aromatic amines is 1. The Morgan fingerprint density at radius 1 is 1.19 bits per heavy atom. The molecular weight excluding hydrogens is 374 g/mol. The number of sulfone groups is 1. The number of hydrogen-bond donors (Lipinski definition) is 2. The number of anilines is 1. The van der Waals surface area contributed by atoms with Gasteiger partial charge in [0.15, 0.2) is 21.6 Å². The fraction of sp³-hybridized carbons (Fsp3) is 0.444. The number of amides is 1. The molecule has 2 aromatic rings. The summed E-state index contributed by atoms with van der Waals surface area (Å²) < 4.78 is 25.7. The van der Waals surface area contributed by atoms with Gasteiger partial charge in [-0.25, -0.2) is 8.42 Å². The van der Waals surface area contributed by atoms with Crippen LogP contribution in [0.3, 0.4) is 0 Å². The molecule has 0 saturated carbocycles. The van der Waals surface area contributed by atoms with E-state index in [1.54, 1.807) is 24.3 Å². The van der Waals surface area contributed by atoms with Gasteiger partial charge in [0.1, 0.15) is 5.75 Å². The molecule has 1 aromatic heterocycles. The Bertz CT molecular complexity index is 951. The molecule has 1 aliphatic heterocycles. The summed E-state index contributed by atoms with van der Waals surface area (Å²) >= 11 is 5.89. The lowest BCUT2D eigenvalue weighted by Gasteiger charge is -2.09. The van der Waals surface area contributed by atoms with Crippen LogP contribution in [0.5, 0.6) is 0 Å². The van der Waals surface area contributed by atoms with Crippen LogP contribution in [0.4, 0.5) is 5.69 Å². The molecule has 0 unspecified atom stereocenters. The van der Waals surface area contributed by atoms with Crippen LogP contribution < -0.4 is 10.00 Å². The maximum Gasteiger partial charge on any atom is 0.278 e. The van der Waals surface area contributed by atoms with Crippen LogP contribution >= 0.6 is 11.6 Å². The predicted molar refractivity (Wildman–Crippen MR) is 99.3 cm³/mol. The van der Waals surface area contributed by atoms with E-state index in [-0.39, 0.29) is 23.5 Å². The van der Waals surface area contributed by atoms with Crippen molar-refractivity contribution in [2.45, 2.75) is 38.1 Å². The molecule has 1 fully saturated rings. The minimum atomic E-state index is -2.99. The highest BCUT2D eigenvalue weighted by Gasteiger charge is 2.40. The van der Waals surface area contributed by atoms with Crippen LogP contribution in [0.15, 0.2) is 24.3 Å². The maximum atomic E-state index is 12.8. The SMILES string of the molecule is O=C(Nc1ccc(Cl)cc1)c1[nH][n+]([C@@H]2CCS(=O)(=O)C2)c2c1CCCC2. The number of carbonyl (C=O) groups is 1. The molecule has 8 heteroatoms. The molecule has 6 nitrogen and oxygen atoms in total. The van der Waals surface area contributed by atoms with Gasteiger partial charge in [-0.05, 0) is 43.5 Å². The molecular formula is C18H21ClN3O3S+. The zero-order chi connectivity index (χ0) is 18.3. The summed E-state index contributed by atoms with van der Waals surface area (Å²) in [6.07, 6.45) is 4.40. The molecule has 0 radical (unpaired) electrons. The van der Waals surface area contributed by atoms with Gasteiger partial charge in [-0.1, -0.05) is 11.6 Å². The standard InChI is InChI=1S/C18H20ClN3O3S/c19-12-5-7-13(8-6-12)20-18(23)17-15-3-1-2-4-16(15)22(21-17)14-9-10-26(24,25)11-14/h5-8,14H,1-4,9-11H2,(H,20,23)/p+1/t14-/m1/s1. The van der Waals surface area contributed by atoms with Crippen LogP contribution in [0, 0.1) is 0 Å². The van der Waals surface area contributed by atoms with E-state index in [1.807, 2.05) is 4.68 Å². The van der Waals surface area contributed by atoms with Crippen molar-refractivity contribution in [3.05, 3.63) is 46.2 Å². The zero-order valence-corrected chi connectivity index (χ0v) is 15.9. The molecule has 0 spiro atoms. The van der Waals surface area contributed by atoms with Gasteiger partial charge in [-0.15, -0.1) is 4.68 Å². The highest BCUT2D eigenvalue weighted by Crippen LogP contribution is 2.26. The highest BCUT2D eigenvalue weighted by molar-refractivity contribution is 7.91. The molecule has 1 aromatic carbocycles. The third-order valence-electron chi connectivity index (χ3n) is 5.17. The lowest BCUT2D eigenvalue weighted by Crippen LogP contribution is -2.46. The highest BCUT2D eigenvalue weighted by atomic mass is 35.5. The van der Waals surface area contributed by atoms with Crippen LogP contribution in [-0.2, 0) is 22.7 Å². The Hall–Kier alpha value is -1.86. The maximum absolute atomic E-state index is 12.8. The third kappa shape index (κ3) is 3.38. The van der Waals surface area contributed by atoms with Gasteiger partial charge >= 0.3 is 0 Å². The molecule has 138 valence electrons. The second-order valence-electron chi connectivity index (χ2n) is 7.01. The summed E-state index contributed by atoms with van der Waals surface area (Å²) in [5, 5.41) is 6.72. The number of hydrogen-bond acceptors (Lipinski definition) is 3. The Labute approximate surface area is 157 Å². The summed E-state index contributed by atoms with van der Waals surface area (Å²) in [6.45, 7) is 0. The fourth-order valence-corrected chi connectivity index (χ4v) is 5.71. The minimum Gasteiger partial charge on any atom is -0.321 e. The lowest BCUT2D eigenvalue weighted by molar-refractivity contribution is -0.775. The van der Waals surface area contributed by atoms with Gasteiger partial charge in [0, 0.05) is 23.6 Å². The Morgan fingerprint density at radius 3 is 2.62 bits per heavy atom. The van der Waals surface area contributed by atoms with Crippen molar-refractivity contribution < 1.29 is 17.9 Å². The minimum absolute atomic E-state index is 0.107. The van der Waals surface area contributed by atoms with E-state index in [9.17, 15) is 13.2 Å². The van der Waals surface area contributed by atoms with Gasteiger partial charge in [0.05, 0.1) is 11.3 Å². The number of aromatic nitrogens is 2. The summed E-state index contributed by atoms with van der Waals surface area (Å²) in [7, 11) is -2.99. The largest absolute Gasteiger partial charge is 0.321 e. The van der Waals surface area contributed by atoms with Gasteiger partial charge in [-0.3, -0.25) is 4.79 Å². The van der Waals surface area contributed by atoms with E-state index in [1.165, 1.54) is 0 Å². The summed E-state index contributed by atoms with van der Waals surface area (Å²) in [4.78, 5) is 12.8. The Morgan fingerprint density at radius 2 is 1.92 bits per heavy atom. The van der Waals surface area contributed by atoms with Crippen LogP contribution in [0.1, 0.15) is 47.1 Å². The molecule has 26 heavy (non-hydrogen) atoms. The number of nitrogens with one attached hydrogen (secondary N) is 2. The quantitative estimate of drug-likeness (QED) is 0.784. The van der Waals surface area contributed by atoms with E-state index in [2.05, 4.69) is 10.4 Å². The number of H-pyrrole nitrogens is 1. The Balaban J connectivity index is 1.65. The average molecular weight is 395 g/mol. The van der Waals surface area contributed by atoms with E-state index in [0.29, 0.717) is 22.8 Å². The van der Waals surface area contributed by atoms with Crippen molar-refractivity contribution >= 4 is 33.0 Å². The van der Waals surface area contributed by atoms with Gasteiger partial charge in [-0.2, -0.15) is 5.10 Å². The van der Waals surface area contributed by atoms with Crippen molar-refractivity contribution in [2.24, 2.45) is 0 Å². The van der Waals surface area contributed by atoms with Crippen molar-refractivity contribution in [2.75, 3.05) is 16.8 Å². The van der Waals surface area contributed by atoms with Crippen molar-refractivity contribution in [3.63, 3.8) is 0 Å². The molecule has 4 rings (SSSR count). The van der Waals surface area contributed by atoms with E-state index >= 15 is 0 Å². The number of carbonyl (C=O) groups excluding carboxylic acids is 1. The van der Waals surface area contributed by atoms with Gasteiger partial charge in [0.2, 0.25) is 5.69 Å². The lowest BCUT2D eigenvalue weighted by atomic mass is 9.95. The van der Waals surface area contributed by atoms with Crippen molar-refractivity contribution in [1.29, 1.82) is 0 Å². The summed E-state index contributed by atoms with van der Waals surface area (Å²) in [5.41, 5.74) is 3.32. The monoisotopic (exact) mass is 394 g/mol. The summed E-state index contributed by atoms with van der Waals surface area (Å²) in [5.74, 6) is 0.151. The molecule has 1 saturated heterocycles. The average Bonchev–Trinajstić information content (AvgIpc) is 3.17. The van der Waals surface area contributed by atoms with Gasteiger partial charge in [0.25, 0.3) is 5.91 Å². The molecule has 0 bridgehead atoms. The smallest absolute Gasteiger partial charge is 0.278 e. The zero-order valence-electron chi connectivity index (χ0n) is 14.3. The number of halogens is 1. The second kappa shape index (κ2) is 6.70. The van der Waals surface area contributed by atoms with Crippen molar-refractivity contribution in [3.8, 4) is 0 Å². The fourth-order valence-electron chi connectivity index (χ4n) is 3.89. The topological polar surface area (TPSA) is 82.9 Å². The first-order valence-electron chi connectivity index (χ1n) is 8.85. The molecule has 1 atom stereocenters. The van der Waals surface area contributed by atoms with Crippen molar-refractivity contribution in [1.82, 2.24) is 5.10 Å². The van der Waals surface area contributed by atoms with E-state index in [4.69, 9.17) is 11.6 Å². The predicted octanol–water partition coefficient (Wildman–Crippen LogP) is 2.45. The van der Waals surface area contributed by atoms with Crippen LogP contribution in [0.25, 0.3) is 0 Å². The molecule has 2 N–H and O–H groups in total. The van der Waals surface area contributed by atoms with E-state index in [0.717, 1.165) is 36.9 Å².